The van der Waals surface area contributed by atoms with E-state index in [4.69, 9.17) is 0 Å². The van der Waals surface area contributed by atoms with Gasteiger partial charge in [0, 0.05) is 0 Å². The minimum absolute atomic E-state index is 1.05. The number of fused-ring (bicyclic) bond motifs is 4. The molecule has 2 fully saturated rings. The lowest BCUT2D eigenvalue weighted by atomic mass is 9.85. The highest BCUT2D eigenvalue weighted by Gasteiger charge is 2.13. The van der Waals surface area contributed by atoms with Crippen molar-refractivity contribution in [1.29, 1.82) is 0 Å². The van der Waals surface area contributed by atoms with E-state index in [1.807, 2.05) is 0 Å². The molecule has 0 spiro atoms. The van der Waals surface area contributed by atoms with Crippen molar-refractivity contribution in [3.63, 3.8) is 0 Å². The summed E-state index contributed by atoms with van der Waals surface area (Å²) in [4.78, 5) is 0. The second kappa shape index (κ2) is 21.5. The molecule has 2 aliphatic rings. The van der Waals surface area contributed by atoms with E-state index in [9.17, 15) is 0 Å². The Labute approximate surface area is 204 Å². The maximum atomic E-state index is 1.55. The van der Waals surface area contributed by atoms with Crippen LogP contribution in [-0.2, 0) is 0 Å². The summed E-state index contributed by atoms with van der Waals surface area (Å²) < 4.78 is 0. The smallest absolute Gasteiger partial charge is 0.0414 e. The van der Waals surface area contributed by atoms with Crippen molar-refractivity contribution in [2.45, 2.75) is 193 Å². The molecule has 190 valence electrons. The molecule has 0 radical (unpaired) electrons. The second-order valence-corrected chi connectivity index (χ2v) is 11.9. The number of hydrogen-bond acceptors (Lipinski definition) is 0. The largest absolute Gasteiger partial charge is 0.0533 e. The van der Waals surface area contributed by atoms with Gasteiger partial charge in [-0.3, -0.25) is 0 Å². The van der Waals surface area contributed by atoms with Crippen LogP contribution in [0.25, 0.3) is 0 Å². The first-order valence-corrected chi connectivity index (χ1v) is 15.9. The van der Waals surface area contributed by atoms with E-state index in [0.717, 1.165) is 11.8 Å². The van der Waals surface area contributed by atoms with Crippen LogP contribution < -0.4 is 0 Å². The molecule has 0 amide bonds. The van der Waals surface area contributed by atoms with E-state index in [1.165, 1.54) is 154 Å². The van der Waals surface area contributed by atoms with Gasteiger partial charge in [0.1, 0.15) is 0 Å². The summed E-state index contributed by atoms with van der Waals surface area (Å²) >= 11 is 0. The standard InChI is InChI=1S/C32H62/c1-2-4-6-9-13-17-21-26-32-28-23-19-15-11-7-10-14-18-22-27-31(29-24-30-32)25-20-16-12-8-5-3-1/h31-32H,1-30H2. The third kappa shape index (κ3) is 16.6. The van der Waals surface area contributed by atoms with Crippen molar-refractivity contribution in [2.24, 2.45) is 11.8 Å². The van der Waals surface area contributed by atoms with Gasteiger partial charge in [-0.2, -0.15) is 0 Å². The van der Waals surface area contributed by atoms with Crippen molar-refractivity contribution in [3.05, 3.63) is 0 Å². The van der Waals surface area contributed by atoms with Crippen LogP contribution in [0.2, 0.25) is 0 Å². The van der Waals surface area contributed by atoms with Gasteiger partial charge in [0.15, 0.2) is 0 Å². The third-order valence-electron chi connectivity index (χ3n) is 8.92. The van der Waals surface area contributed by atoms with Crippen molar-refractivity contribution in [2.75, 3.05) is 0 Å². The summed E-state index contributed by atoms with van der Waals surface area (Å²) in [6, 6.07) is 0. The van der Waals surface area contributed by atoms with E-state index < -0.39 is 0 Å². The van der Waals surface area contributed by atoms with Gasteiger partial charge in [-0.15, -0.1) is 0 Å². The molecule has 2 atom stereocenters. The first kappa shape index (κ1) is 28.2. The van der Waals surface area contributed by atoms with Crippen LogP contribution >= 0.6 is 0 Å². The molecule has 32 heavy (non-hydrogen) atoms. The summed E-state index contributed by atoms with van der Waals surface area (Å²) in [5.74, 6) is 2.11. The average molecular weight is 447 g/mol. The van der Waals surface area contributed by atoms with Gasteiger partial charge in [-0.25, -0.2) is 0 Å². The van der Waals surface area contributed by atoms with Crippen LogP contribution in [-0.4, -0.2) is 0 Å². The first-order chi connectivity index (χ1) is 15.9. The van der Waals surface area contributed by atoms with E-state index in [-0.39, 0.29) is 0 Å². The fraction of sp³-hybridized carbons (Fsp3) is 1.00. The Morgan fingerprint density at radius 1 is 0.156 bits per heavy atom. The Morgan fingerprint density at radius 2 is 0.312 bits per heavy atom. The van der Waals surface area contributed by atoms with Crippen molar-refractivity contribution >= 4 is 0 Å². The average Bonchev–Trinajstić information content (AvgIpc) is 2.79. The summed E-state index contributed by atoms with van der Waals surface area (Å²) in [7, 11) is 0. The summed E-state index contributed by atoms with van der Waals surface area (Å²) in [6.07, 6.45) is 45.6. The molecule has 2 saturated carbocycles. The quantitative estimate of drug-likeness (QED) is 0.347. The van der Waals surface area contributed by atoms with Gasteiger partial charge < -0.3 is 0 Å². The number of hydrogen-bond donors (Lipinski definition) is 0. The van der Waals surface area contributed by atoms with E-state index in [2.05, 4.69) is 0 Å². The van der Waals surface area contributed by atoms with Crippen LogP contribution in [0, 0.1) is 11.8 Å². The Bertz CT molecular complexity index is 338. The van der Waals surface area contributed by atoms with Crippen LogP contribution in [0.5, 0.6) is 0 Å². The molecule has 0 nitrogen and oxygen atoms in total. The zero-order chi connectivity index (χ0) is 22.4. The van der Waals surface area contributed by atoms with E-state index >= 15 is 0 Å². The molecule has 2 unspecified atom stereocenters. The SMILES string of the molecule is C1CCCCCCCCC2CCCCCCCCCCCC(CCCCCCC1)CCC2. The fourth-order valence-corrected chi connectivity index (χ4v) is 6.65. The fourth-order valence-electron chi connectivity index (χ4n) is 6.65. The molecule has 2 rings (SSSR count). The van der Waals surface area contributed by atoms with Crippen LogP contribution in [0.3, 0.4) is 0 Å². The first-order valence-electron chi connectivity index (χ1n) is 15.9. The van der Waals surface area contributed by atoms with E-state index in [0.29, 0.717) is 0 Å². The van der Waals surface area contributed by atoms with Gasteiger partial charge in [0.05, 0.1) is 0 Å². The summed E-state index contributed by atoms with van der Waals surface area (Å²) in [5.41, 5.74) is 0. The van der Waals surface area contributed by atoms with Gasteiger partial charge in [0.2, 0.25) is 0 Å². The molecule has 0 aliphatic heterocycles. The molecule has 0 N–H and O–H groups in total. The lowest BCUT2D eigenvalue weighted by molar-refractivity contribution is 0.324. The Kier molecular flexibility index (Phi) is 19.0. The van der Waals surface area contributed by atoms with E-state index in [1.54, 1.807) is 38.5 Å². The highest BCUT2D eigenvalue weighted by atomic mass is 14.2. The minimum Gasteiger partial charge on any atom is -0.0533 e. The molecule has 0 heterocycles. The maximum absolute atomic E-state index is 1.55. The van der Waals surface area contributed by atoms with Crippen molar-refractivity contribution < 1.29 is 0 Å². The van der Waals surface area contributed by atoms with Gasteiger partial charge in [-0.1, -0.05) is 193 Å². The molecule has 0 heteroatoms. The third-order valence-corrected chi connectivity index (χ3v) is 8.92. The predicted molar refractivity (Wildman–Crippen MR) is 145 cm³/mol. The minimum atomic E-state index is 1.05. The molecular formula is C32H62. The lowest BCUT2D eigenvalue weighted by Crippen LogP contribution is -2.06. The highest BCUT2D eigenvalue weighted by Crippen LogP contribution is 2.29. The van der Waals surface area contributed by atoms with Crippen LogP contribution in [0.1, 0.15) is 193 Å². The Balaban J connectivity index is 1.82. The molecule has 0 aromatic carbocycles. The maximum Gasteiger partial charge on any atom is -0.0414 e. The zero-order valence-electron chi connectivity index (χ0n) is 22.4. The van der Waals surface area contributed by atoms with Crippen LogP contribution in [0.15, 0.2) is 0 Å². The monoisotopic (exact) mass is 446 g/mol. The molecule has 0 saturated heterocycles. The second-order valence-electron chi connectivity index (χ2n) is 11.9. The Hall–Kier alpha value is 0. The summed E-state index contributed by atoms with van der Waals surface area (Å²) in [6.45, 7) is 0. The molecule has 2 bridgehead atoms. The summed E-state index contributed by atoms with van der Waals surface area (Å²) in [5, 5.41) is 0. The molecule has 2 aliphatic carbocycles. The van der Waals surface area contributed by atoms with Gasteiger partial charge in [0.25, 0.3) is 0 Å². The Morgan fingerprint density at radius 3 is 0.531 bits per heavy atom. The molecular weight excluding hydrogens is 384 g/mol. The van der Waals surface area contributed by atoms with Crippen molar-refractivity contribution in [3.8, 4) is 0 Å². The molecule has 0 aromatic heterocycles. The number of rotatable bonds is 0. The zero-order valence-corrected chi connectivity index (χ0v) is 22.4. The van der Waals surface area contributed by atoms with Gasteiger partial charge >= 0.3 is 0 Å². The predicted octanol–water partition coefficient (Wildman–Crippen LogP) is 11.9. The highest BCUT2D eigenvalue weighted by molar-refractivity contribution is 4.66. The topological polar surface area (TPSA) is 0 Å². The van der Waals surface area contributed by atoms with Gasteiger partial charge in [-0.05, 0) is 11.8 Å². The normalized spacial score (nSPS) is 29.2. The lowest BCUT2D eigenvalue weighted by Gasteiger charge is -2.21. The molecule has 0 aromatic rings. The van der Waals surface area contributed by atoms with Crippen molar-refractivity contribution in [1.82, 2.24) is 0 Å². The van der Waals surface area contributed by atoms with Crippen LogP contribution in [0.4, 0.5) is 0 Å².